The predicted octanol–water partition coefficient (Wildman–Crippen LogP) is 2.80. The van der Waals surface area contributed by atoms with Crippen LogP contribution < -0.4 is 0 Å². The van der Waals surface area contributed by atoms with E-state index in [1.807, 2.05) is 25.1 Å². The Kier molecular flexibility index (Phi) is 3.93. The van der Waals surface area contributed by atoms with Gasteiger partial charge in [0, 0.05) is 30.9 Å². The van der Waals surface area contributed by atoms with E-state index >= 15 is 0 Å². The Morgan fingerprint density at radius 1 is 1.19 bits per heavy atom. The van der Waals surface area contributed by atoms with Crippen LogP contribution in [0.15, 0.2) is 42.7 Å². The number of carbonyl (C=O) groups is 1. The number of hydrogen-bond acceptors (Lipinski definition) is 4. The summed E-state index contributed by atoms with van der Waals surface area (Å²) in [7, 11) is 0. The smallest absolute Gasteiger partial charge is 0.256 e. The minimum absolute atomic E-state index is 0.104. The first-order valence-electron chi connectivity index (χ1n) is 9.88. The molecule has 5 heteroatoms. The number of piperidine rings is 3. The molecule has 2 bridgehead atoms. The molecule has 140 valence electrons. The summed E-state index contributed by atoms with van der Waals surface area (Å²) in [5, 5.41) is 9.99. The minimum Gasteiger partial charge on any atom is -0.508 e. The normalized spacial score (nSPS) is 31.7. The Morgan fingerprint density at radius 2 is 2.00 bits per heavy atom. The molecule has 5 nitrogen and oxygen atoms in total. The van der Waals surface area contributed by atoms with Crippen LogP contribution in [0.2, 0.25) is 0 Å². The molecule has 5 heterocycles. The zero-order valence-electron chi connectivity index (χ0n) is 15.6. The number of benzene rings is 1. The van der Waals surface area contributed by atoms with Crippen molar-refractivity contribution < 1.29 is 9.90 Å². The van der Waals surface area contributed by atoms with Crippen LogP contribution in [0.25, 0.3) is 0 Å². The van der Waals surface area contributed by atoms with Crippen molar-refractivity contribution in [1.29, 1.82) is 0 Å². The predicted molar refractivity (Wildman–Crippen MR) is 103 cm³/mol. The van der Waals surface area contributed by atoms with Crippen LogP contribution in [0.5, 0.6) is 5.75 Å². The topological polar surface area (TPSA) is 56.7 Å². The van der Waals surface area contributed by atoms with Gasteiger partial charge in [0.2, 0.25) is 0 Å². The van der Waals surface area contributed by atoms with Gasteiger partial charge in [0.05, 0.1) is 11.6 Å². The molecule has 0 saturated carbocycles. The van der Waals surface area contributed by atoms with Crippen molar-refractivity contribution in [3.63, 3.8) is 0 Å². The van der Waals surface area contributed by atoms with Gasteiger partial charge in [-0.2, -0.15) is 0 Å². The van der Waals surface area contributed by atoms with Crippen LogP contribution in [0.4, 0.5) is 0 Å². The average Bonchev–Trinajstić information content (AvgIpc) is 3.12. The van der Waals surface area contributed by atoms with Gasteiger partial charge >= 0.3 is 0 Å². The number of aromatic nitrogens is 1. The van der Waals surface area contributed by atoms with Crippen LogP contribution in [-0.2, 0) is 0 Å². The fourth-order valence-electron chi connectivity index (χ4n) is 5.55. The number of hydrogen-bond donors (Lipinski definition) is 1. The zero-order chi connectivity index (χ0) is 18.5. The Balaban J connectivity index is 1.55. The number of likely N-dealkylation sites (tertiary alicyclic amines) is 1. The zero-order valence-corrected chi connectivity index (χ0v) is 15.6. The molecule has 1 N–H and O–H groups in total. The van der Waals surface area contributed by atoms with E-state index < -0.39 is 0 Å². The van der Waals surface area contributed by atoms with Crippen molar-refractivity contribution in [2.45, 2.75) is 37.8 Å². The lowest BCUT2D eigenvalue weighted by molar-refractivity contribution is -0.00345. The summed E-state index contributed by atoms with van der Waals surface area (Å²) in [4.78, 5) is 22.3. The highest BCUT2D eigenvalue weighted by molar-refractivity contribution is 5.96. The number of fused-ring (bicyclic) bond motifs is 2. The summed E-state index contributed by atoms with van der Waals surface area (Å²) >= 11 is 0. The summed E-state index contributed by atoms with van der Waals surface area (Å²) < 4.78 is 0. The van der Waals surface area contributed by atoms with Crippen molar-refractivity contribution in [1.82, 2.24) is 14.8 Å². The van der Waals surface area contributed by atoms with Crippen molar-refractivity contribution in [3.8, 4) is 5.75 Å². The highest BCUT2D eigenvalue weighted by Crippen LogP contribution is 2.47. The molecule has 4 saturated heterocycles. The van der Waals surface area contributed by atoms with Gasteiger partial charge in [0.15, 0.2) is 0 Å². The monoisotopic (exact) mass is 363 g/mol. The third-order valence-electron chi connectivity index (χ3n) is 6.82. The van der Waals surface area contributed by atoms with Crippen molar-refractivity contribution >= 4 is 5.91 Å². The van der Waals surface area contributed by atoms with Gasteiger partial charge in [-0.1, -0.05) is 12.1 Å². The fraction of sp³-hybridized carbons (Fsp3) is 0.455. The number of rotatable bonds is 2. The third kappa shape index (κ3) is 2.64. The Hall–Kier alpha value is -2.40. The SMILES string of the molecule is Cc1ccncc1C(=O)N1C[C@H](c2cccc(O)c2)[C@H]2[C@@H]1C1CCN2CC1. The number of aromatic hydroxyl groups is 1. The molecule has 4 aliphatic heterocycles. The standard InChI is InChI=1S/C22H25N3O2/c1-14-5-8-23-12-18(14)22(27)25-13-19(16-3-2-4-17(26)11-16)21-20(25)15-6-9-24(21)10-7-15/h2-5,8,11-12,15,19-21,26H,6-7,9-10,13H2,1H3/t19-,20+,21+/m1/s1. The van der Waals surface area contributed by atoms with E-state index in [1.54, 1.807) is 18.5 Å². The molecule has 0 unspecified atom stereocenters. The molecule has 1 aromatic carbocycles. The van der Waals surface area contributed by atoms with Gasteiger partial charge in [-0.15, -0.1) is 0 Å². The van der Waals surface area contributed by atoms with Crippen LogP contribution >= 0.6 is 0 Å². The summed E-state index contributed by atoms with van der Waals surface area (Å²) in [6, 6.07) is 10.1. The first kappa shape index (κ1) is 16.8. The molecule has 1 aromatic heterocycles. The lowest BCUT2D eigenvalue weighted by atomic mass is 9.75. The fourth-order valence-corrected chi connectivity index (χ4v) is 5.55. The molecule has 3 atom stereocenters. The molecule has 0 spiro atoms. The van der Waals surface area contributed by atoms with E-state index in [0.29, 0.717) is 29.8 Å². The lowest BCUT2D eigenvalue weighted by Gasteiger charge is -2.51. The summed E-state index contributed by atoms with van der Waals surface area (Å²) in [5.74, 6) is 1.22. The van der Waals surface area contributed by atoms with Crippen molar-refractivity contribution in [2.75, 3.05) is 19.6 Å². The van der Waals surface area contributed by atoms with Gasteiger partial charge in [-0.25, -0.2) is 0 Å². The maximum absolute atomic E-state index is 13.5. The van der Waals surface area contributed by atoms with Gasteiger partial charge in [0.25, 0.3) is 5.91 Å². The molecule has 0 aliphatic carbocycles. The van der Waals surface area contributed by atoms with E-state index in [1.165, 1.54) is 12.8 Å². The highest BCUT2D eigenvalue weighted by Gasteiger charge is 2.54. The number of phenolic OH excluding ortho intramolecular Hbond substituents is 1. The number of amides is 1. The van der Waals surface area contributed by atoms with E-state index in [-0.39, 0.29) is 17.9 Å². The number of nitrogens with zero attached hydrogens (tertiary/aromatic N) is 3. The maximum Gasteiger partial charge on any atom is 0.256 e. The molecule has 1 amide bonds. The van der Waals surface area contributed by atoms with Gasteiger partial charge < -0.3 is 10.0 Å². The van der Waals surface area contributed by atoms with Gasteiger partial charge in [0.1, 0.15) is 5.75 Å². The molecular formula is C22H25N3O2. The Labute approximate surface area is 159 Å². The van der Waals surface area contributed by atoms with E-state index in [9.17, 15) is 9.90 Å². The van der Waals surface area contributed by atoms with E-state index in [4.69, 9.17) is 0 Å². The molecule has 27 heavy (non-hydrogen) atoms. The van der Waals surface area contributed by atoms with Gasteiger partial charge in [-0.05, 0) is 68.1 Å². The average molecular weight is 363 g/mol. The third-order valence-corrected chi connectivity index (χ3v) is 6.82. The summed E-state index contributed by atoms with van der Waals surface area (Å²) in [6.07, 6.45) is 5.78. The van der Waals surface area contributed by atoms with Crippen LogP contribution in [0.3, 0.4) is 0 Å². The van der Waals surface area contributed by atoms with Crippen molar-refractivity contribution in [2.24, 2.45) is 5.92 Å². The molecule has 6 rings (SSSR count). The molecule has 2 aromatic rings. The first-order chi connectivity index (χ1) is 13.1. The molecule has 0 radical (unpaired) electrons. The second kappa shape index (κ2) is 6.34. The molecule has 4 fully saturated rings. The molecular weight excluding hydrogens is 338 g/mol. The largest absolute Gasteiger partial charge is 0.508 e. The molecule has 4 aliphatic rings. The highest BCUT2D eigenvalue weighted by atomic mass is 16.3. The quantitative estimate of drug-likeness (QED) is 0.891. The van der Waals surface area contributed by atoms with Crippen LogP contribution in [0.1, 0.15) is 40.2 Å². The van der Waals surface area contributed by atoms with E-state index in [0.717, 1.165) is 24.2 Å². The summed E-state index contributed by atoms with van der Waals surface area (Å²) in [5.41, 5.74) is 2.83. The Bertz CT molecular complexity index is 875. The first-order valence-corrected chi connectivity index (χ1v) is 9.88. The van der Waals surface area contributed by atoms with Crippen LogP contribution in [0, 0.1) is 12.8 Å². The maximum atomic E-state index is 13.5. The Morgan fingerprint density at radius 3 is 2.74 bits per heavy atom. The number of aryl methyl sites for hydroxylation is 1. The minimum atomic E-state index is 0.104. The lowest BCUT2D eigenvalue weighted by Crippen LogP contribution is -2.60. The van der Waals surface area contributed by atoms with Crippen LogP contribution in [-0.4, -0.2) is 57.5 Å². The number of phenols is 1. The number of carbonyl (C=O) groups excluding carboxylic acids is 1. The van der Waals surface area contributed by atoms with Gasteiger partial charge in [-0.3, -0.25) is 14.7 Å². The second-order valence-electron chi connectivity index (χ2n) is 8.20. The second-order valence-corrected chi connectivity index (χ2v) is 8.20. The van der Waals surface area contributed by atoms with E-state index in [2.05, 4.69) is 20.9 Å². The van der Waals surface area contributed by atoms with Crippen molar-refractivity contribution in [3.05, 3.63) is 59.4 Å². The number of pyridine rings is 1. The summed E-state index contributed by atoms with van der Waals surface area (Å²) in [6.45, 7) is 4.93.